The number of nitrogens with two attached hydrogens (primary N) is 1. The van der Waals surface area contributed by atoms with E-state index >= 15 is 0 Å². The van der Waals surface area contributed by atoms with Crippen LogP contribution in [0.15, 0.2) is 48.5 Å². The van der Waals surface area contributed by atoms with Gasteiger partial charge in [0.05, 0.1) is 5.41 Å². The molecule has 0 spiro atoms. The second-order valence-corrected chi connectivity index (χ2v) is 6.17. The number of carbonyl (C=O) groups excluding carboxylic acids is 2. The smallest absolute Gasteiger partial charge is 0.316 e. The molecule has 2 rings (SSSR count). The molecule has 1 amide bonds. The van der Waals surface area contributed by atoms with Gasteiger partial charge in [-0.1, -0.05) is 41.9 Å². The van der Waals surface area contributed by atoms with Crippen molar-refractivity contribution in [3.8, 4) is 0 Å². The summed E-state index contributed by atoms with van der Waals surface area (Å²) in [4.78, 5) is 23.8. The molecular weight excluding hydrogens is 314 g/mol. The normalized spacial score (nSPS) is 11.1. The van der Waals surface area contributed by atoms with Gasteiger partial charge in [0.2, 0.25) is 5.91 Å². The van der Waals surface area contributed by atoms with Gasteiger partial charge >= 0.3 is 5.97 Å². The van der Waals surface area contributed by atoms with Crippen LogP contribution in [-0.4, -0.2) is 11.9 Å². The van der Waals surface area contributed by atoms with Crippen LogP contribution in [0.1, 0.15) is 35.3 Å². The monoisotopic (exact) mass is 331 g/mol. The van der Waals surface area contributed by atoms with Crippen LogP contribution < -0.4 is 5.73 Å². The summed E-state index contributed by atoms with van der Waals surface area (Å²) >= 11 is 5.98. The standard InChI is InChI=1S/C18H18ClNO3/c1-18(2,13-7-5-8-14(19)10-13)17(22)23-11-12-6-3-4-9-15(12)16(20)21/h3-10H,11H2,1-2H3,(H2,20,21). The zero-order valence-corrected chi connectivity index (χ0v) is 13.8. The van der Waals surface area contributed by atoms with Crippen molar-refractivity contribution in [1.82, 2.24) is 0 Å². The highest BCUT2D eigenvalue weighted by Gasteiger charge is 2.31. The van der Waals surface area contributed by atoms with E-state index in [2.05, 4.69) is 0 Å². The first-order valence-electron chi connectivity index (χ1n) is 7.13. The molecule has 0 saturated heterocycles. The predicted molar refractivity (Wildman–Crippen MR) is 89.2 cm³/mol. The fourth-order valence-corrected chi connectivity index (χ4v) is 2.40. The molecule has 0 bridgehead atoms. The van der Waals surface area contributed by atoms with Crippen LogP contribution in [0.4, 0.5) is 0 Å². The zero-order valence-electron chi connectivity index (χ0n) is 13.0. The summed E-state index contributed by atoms with van der Waals surface area (Å²) in [5, 5.41) is 0.558. The first-order chi connectivity index (χ1) is 10.8. The fourth-order valence-electron chi connectivity index (χ4n) is 2.21. The summed E-state index contributed by atoms with van der Waals surface area (Å²) < 4.78 is 5.39. The molecule has 0 radical (unpaired) electrons. The largest absolute Gasteiger partial charge is 0.460 e. The van der Waals surface area contributed by atoms with Gasteiger partial charge in [-0.2, -0.15) is 0 Å². The van der Waals surface area contributed by atoms with E-state index in [0.29, 0.717) is 16.1 Å². The average Bonchev–Trinajstić information content (AvgIpc) is 2.52. The van der Waals surface area contributed by atoms with Crippen LogP contribution >= 0.6 is 11.6 Å². The van der Waals surface area contributed by atoms with Gasteiger partial charge < -0.3 is 10.5 Å². The summed E-state index contributed by atoms with van der Waals surface area (Å²) in [6, 6.07) is 13.9. The zero-order chi connectivity index (χ0) is 17.0. The molecule has 0 aromatic heterocycles. The van der Waals surface area contributed by atoms with Gasteiger partial charge in [0.15, 0.2) is 0 Å². The van der Waals surface area contributed by atoms with E-state index < -0.39 is 17.3 Å². The molecule has 0 aliphatic carbocycles. The van der Waals surface area contributed by atoms with Crippen LogP contribution in [0.5, 0.6) is 0 Å². The predicted octanol–water partition coefficient (Wildman–Crippen LogP) is 3.46. The number of amides is 1. The number of carbonyl (C=O) groups is 2. The number of rotatable bonds is 5. The Morgan fingerprint density at radius 1 is 1.13 bits per heavy atom. The van der Waals surface area contributed by atoms with Crippen LogP contribution in [0, 0.1) is 0 Å². The molecule has 0 atom stereocenters. The Bertz CT molecular complexity index is 741. The number of primary amides is 1. The highest BCUT2D eigenvalue weighted by atomic mass is 35.5. The summed E-state index contributed by atoms with van der Waals surface area (Å²) in [5.41, 5.74) is 6.15. The molecule has 2 aromatic carbocycles. The third-order valence-corrected chi connectivity index (χ3v) is 3.93. The van der Waals surface area contributed by atoms with Gasteiger partial charge in [-0.05, 0) is 37.6 Å². The summed E-state index contributed by atoms with van der Waals surface area (Å²) in [5.74, 6) is -0.954. The van der Waals surface area contributed by atoms with Crippen molar-refractivity contribution in [2.75, 3.05) is 0 Å². The first-order valence-corrected chi connectivity index (χ1v) is 7.51. The number of hydrogen-bond acceptors (Lipinski definition) is 3. The molecule has 0 unspecified atom stereocenters. The van der Waals surface area contributed by atoms with Gasteiger partial charge in [0, 0.05) is 16.1 Å². The Labute approximate surface area is 140 Å². The van der Waals surface area contributed by atoms with Crippen LogP contribution in [0.2, 0.25) is 5.02 Å². The van der Waals surface area contributed by atoms with Gasteiger partial charge in [-0.25, -0.2) is 0 Å². The van der Waals surface area contributed by atoms with Gasteiger partial charge in [-0.15, -0.1) is 0 Å². The highest BCUT2D eigenvalue weighted by molar-refractivity contribution is 6.30. The van der Waals surface area contributed by atoms with Crippen molar-refractivity contribution in [2.24, 2.45) is 5.73 Å². The van der Waals surface area contributed by atoms with E-state index in [1.54, 1.807) is 56.3 Å². The van der Waals surface area contributed by atoms with Crippen LogP contribution in [0.25, 0.3) is 0 Å². The van der Waals surface area contributed by atoms with Gasteiger partial charge in [-0.3, -0.25) is 9.59 Å². The molecule has 120 valence electrons. The lowest BCUT2D eigenvalue weighted by molar-refractivity contribution is -0.150. The Morgan fingerprint density at radius 2 is 1.83 bits per heavy atom. The Hall–Kier alpha value is -2.33. The maximum atomic E-state index is 12.4. The molecule has 5 heteroatoms. The fraction of sp³-hybridized carbons (Fsp3) is 0.222. The van der Waals surface area contributed by atoms with E-state index in [4.69, 9.17) is 22.1 Å². The van der Waals surface area contributed by atoms with E-state index in [0.717, 1.165) is 5.56 Å². The summed E-state index contributed by atoms with van der Waals surface area (Å²) in [6.07, 6.45) is 0. The van der Waals surface area contributed by atoms with Crippen LogP contribution in [-0.2, 0) is 21.6 Å². The molecular formula is C18H18ClNO3. The quantitative estimate of drug-likeness (QED) is 0.853. The number of ether oxygens (including phenoxy) is 1. The van der Waals surface area contributed by atoms with Gasteiger partial charge in [0.1, 0.15) is 6.61 Å². The van der Waals surface area contributed by atoms with Crippen molar-refractivity contribution in [2.45, 2.75) is 25.9 Å². The van der Waals surface area contributed by atoms with E-state index in [1.807, 2.05) is 6.07 Å². The lowest BCUT2D eigenvalue weighted by atomic mass is 9.85. The summed E-state index contributed by atoms with van der Waals surface area (Å²) in [6.45, 7) is 3.52. The third-order valence-electron chi connectivity index (χ3n) is 3.70. The third kappa shape index (κ3) is 3.90. The number of benzene rings is 2. The maximum Gasteiger partial charge on any atom is 0.316 e. The van der Waals surface area contributed by atoms with Crippen molar-refractivity contribution >= 4 is 23.5 Å². The summed E-state index contributed by atoms with van der Waals surface area (Å²) in [7, 11) is 0. The molecule has 0 fully saturated rings. The molecule has 4 nitrogen and oxygen atoms in total. The second-order valence-electron chi connectivity index (χ2n) is 5.73. The minimum atomic E-state index is -0.855. The Morgan fingerprint density at radius 3 is 2.48 bits per heavy atom. The van der Waals surface area contributed by atoms with Crippen molar-refractivity contribution in [3.63, 3.8) is 0 Å². The lowest BCUT2D eigenvalue weighted by Gasteiger charge is -2.23. The number of esters is 1. The van der Waals surface area contributed by atoms with Crippen LogP contribution in [0.3, 0.4) is 0 Å². The topological polar surface area (TPSA) is 69.4 Å². The van der Waals surface area contributed by atoms with Crippen molar-refractivity contribution in [3.05, 3.63) is 70.2 Å². The Kier molecular flexibility index (Phi) is 5.06. The van der Waals surface area contributed by atoms with E-state index in [-0.39, 0.29) is 6.61 Å². The molecule has 0 heterocycles. The SMILES string of the molecule is CC(C)(C(=O)OCc1ccccc1C(N)=O)c1cccc(Cl)c1. The minimum absolute atomic E-state index is 0.0120. The molecule has 0 aliphatic rings. The first kappa shape index (κ1) is 17.0. The molecule has 0 aliphatic heterocycles. The van der Waals surface area contributed by atoms with E-state index in [9.17, 15) is 9.59 Å². The minimum Gasteiger partial charge on any atom is -0.460 e. The van der Waals surface area contributed by atoms with Crippen molar-refractivity contribution in [1.29, 1.82) is 0 Å². The molecule has 23 heavy (non-hydrogen) atoms. The molecule has 2 aromatic rings. The lowest BCUT2D eigenvalue weighted by Crippen LogP contribution is -2.31. The number of hydrogen-bond donors (Lipinski definition) is 1. The number of halogens is 1. The van der Waals surface area contributed by atoms with Gasteiger partial charge in [0.25, 0.3) is 0 Å². The molecule has 2 N–H and O–H groups in total. The molecule has 0 saturated carbocycles. The van der Waals surface area contributed by atoms with Crippen molar-refractivity contribution < 1.29 is 14.3 Å². The Balaban J connectivity index is 2.15. The maximum absolute atomic E-state index is 12.4. The highest BCUT2D eigenvalue weighted by Crippen LogP contribution is 2.27. The second kappa shape index (κ2) is 6.84. The van der Waals surface area contributed by atoms with E-state index in [1.165, 1.54) is 0 Å². The average molecular weight is 332 g/mol.